The number of hydrogen-bond donors (Lipinski definition) is 0. The second-order valence-corrected chi connectivity index (χ2v) is 5.75. The molecule has 1 saturated carbocycles. The summed E-state index contributed by atoms with van der Waals surface area (Å²) >= 11 is 0. The van der Waals surface area contributed by atoms with Crippen LogP contribution in [0.25, 0.3) is 0 Å². The smallest absolute Gasteiger partial charge is 0.309 e. The van der Waals surface area contributed by atoms with Gasteiger partial charge in [0.05, 0.1) is 0 Å². The SMILES string of the molecule is COP(=O)(/C=C/C1CCCCC1)OC. The van der Waals surface area contributed by atoms with Crippen molar-refractivity contribution in [1.82, 2.24) is 0 Å². The second kappa shape index (κ2) is 5.69. The van der Waals surface area contributed by atoms with Crippen molar-refractivity contribution < 1.29 is 13.6 Å². The van der Waals surface area contributed by atoms with Gasteiger partial charge in [-0.3, -0.25) is 4.57 Å². The van der Waals surface area contributed by atoms with Crippen LogP contribution in [-0.2, 0) is 13.6 Å². The van der Waals surface area contributed by atoms with Gasteiger partial charge in [-0.2, -0.15) is 0 Å². The minimum Gasteiger partial charge on any atom is -0.309 e. The molecule has 0 saturated heterocycles. The van der Waals surface area contributed by atoms with Gasteiger partial charge in [0, 0.05) is 20.0 Å². The Kier molecular flexibility index (Phi) is 4.86. The Morgan fingerprint density at radius 2 is 1.71 bits per heavy atom. The molecule has 0 bridgehead atoms. The molecule has 14 heavy (non-hydrogen) atoms. The predicted molar refractivity (Wildman–Crippen MR) is 57.3 cm³/mol. The molecule has 0 aliphatic heterocycles. The van der Waals surface area contributed by atoms with Crippen LogP contribution in [0.2, 0.25) is 0 Å². The van der Waals surface area contributed by atoms with Crippen molar-refractivity contribution in [3.63, 3.8) is 0 Å². The van der Waals surface area contributed by atoms with E-state index >= 15 is 0 Å². The molecule has 0 heterocycles. The van der Waals surface area contributed by atoms with Crippen LogP contribution in [0.1, 0.15) is 32.1 Å². The molecular formula is C10H19O3P. The lowest BCUT2D eigenvalue weighted by atomic mass is 9.90. The first-order valence-electron chi connectivity index (χ1n) is 5.11. The van der Waals surface area contributed by atoms with Crippen LogP contribution in [-0.4, -0.2) is 14.2 Å². The van der Waals surface area contributed by atoms with Gasteiger partial charge >= 0.3 is 7.60 Å². The van der Waals surface area contributed by atoms with Gasteiger partial charge in [-0.05, 0) is 18.8 Å². The van der Waals surface area contributed by atoms with E-state index in [1.807, 2.05) is 6.08 Å². The summed E-state index contributed by atoms with van der Waals surface area (Å²) in [5.41, 5.74) is 0. The van der Waals surface area contributed by atoms with E-state index in [0.717, 1.165) is 0 Å². The van der Waals surface area contributed by atoms with Gasteiger partial charge in [-0.1, -0.05) is 25.3 Å². The first kappa shape index (κ1) is 12.0. The van der Waals surface area contributed by atoms with E-state index in [4.69, 9.17) is 9.05 Å². The largest absolute Gasteiger partial charge is 0.353 e. The summed E-state index contributed by atoms with van der Waals surface area (Å²) in [6, 6.07) is 0. The molecule has 0 atom stereocenters. The molecule has 1 rings (SSSR count). The van der Waals surface area contributed by atoms with Gasteiger partial charge in [-0.15, -0.1) is 0 Å². The summed E-state index contributed by atoms with van der Waals surface area (Å²) < 4.78 is 21.3. The predicted octanol–water partition coefficient (Wildman–Crippen LogP) is 3.57. The summed E-state index contributed by atoms with van der Waals surface area (Å²) in [6.07, 6.45) is 8.27. The van der Waals surface area contributed by atoms with Crippen LogP contribution >= 0.6 is 7.60 Å². The molecule has 1 aliphatic rings. The molecule has 0 spiro atoms. The van der Waals surface area contributed by atoms with Gasteiger partial charge in [0.2, 0.25) is 0 Å². The van der Waals surface area contributed by atoms with E-state index in [0.29, 0.717) is 5.92 Å². The second-order valence-electron chi connectivity index (χ2n) is 3.64. The van der Waals surface area contributed by atoms with Gasteiger partial charge in [-0.25, -0.2) is 0 Å². The summed E-state index contributed by atoms with van der Waals surface area (Å²) in [7, 11) is -0.104. The van der Waals surface area contributed by atoms with Gasteiger partial charge in [0.15, 0.2) is 0 Å². The van der Waals surface area contributed by atoms with Gasteiger partial charge in [0.25, 0.3) is 0 Å². The lowest BCUT2D eigenvalue weighted by molar-refractivity contribution is 0.285. The van der Waals surface area contributed by atoms with E-state index in [9.17, 15) is 4.57 Å². The molecule has 1 fully saturated rings. The Morgan fingerprint density at radius 1 is 1.14 bits per heavy atom. The van der Waals surface area contributed by atoms with Crippen molar-refractivity contribution in [1.29, 1.82) is 0 Å². The van der Waals surface area contributed by atoms with Crippen molar-refractivity contribution in [2.75, 3.05) is 14.2 Å². The molecule has 0 radical (unpaired) electrons. The average molecular weight is 218 g/mol. The molecule has 0 aromatic rings. The van der Waals surface area contributed by atoms with E-state index in [1.165, 1.54) is 46.3 Å². The van der Waals surface area contributed by atoms with Crippen LogP contribution < -0.4 is 0 Å². The number of rotatable bonds is 4. The third-order valence-corrected chi connectivity index (χ3v) is 4.25. The third kappa shape index (κ3) is 3.56. The lowest BCUT2D eigenvalue weighted by Gasteiger charge is -2.18. The Labute approximate surface area is 86.0 Å². The summed E-state index contributed by atoms with van der Waals surface area (Å²) in [6.45, 7) is 0. The highest BCUT2D eigenvalue weighted by Crippen LogP contribution is 2.48. The molecule has 3 nitrogen and oxygen atoms in total. The molecule has 0 aromatic carbocycles. The maximum atomic E-state index is 11.7. The zero-order chi connectivity index (χ0) is 10.4. The lowest BCUT2D eigenvalue weighted by Crippen LogP contribution is -2.02. The van der Waals surface area contributed by atoms with Gasteiger partial charge < -0.3 is 9.05 Å². The van der Waals surface area contributed by atoms with Crippen LogP contribution in [0.3, 0.4) is 0 Å². The minimum atomic E-state index is -2.93. The molecule has 82 valence electrons. The average Bonchev–Trinajstić information content (AvgIpc) is 2.27. The first-order valence-corrected chi connectivity index (χ1v) is 6.72. The van der Waals surface area contributed by atoms with Crippen molar-refractivity contribution in [2.45, 2.75) is 32.1 Å². The van der Waals surface area contributed by atoms with E-state index in [2.05, 4.69) is 0 Å². The highest BCUT2D eigenvalue weighted by Gasteiger charge is 2.17. The molecule has 0 aromatic heterocycles. The maximum Gasteiger partial charge on any atom is 0.353 e. The van der Waals surface area contributed by atoms with Crippen LogP contribution in [0, 0.1) is 5.92 Å². The van der Waals surface area contributed by atoms with E-state index < -0.39 is 7.60 Å². The summed E-state index contributed by atoms with van der Waals surface area (Å²) in [4.78, 5) is 0. The first-order chi connectivity index (χ1) is 6.70. The Morgan fingerprint density at radius 3 is 2.21 bits per heavy atom. The molecule has 4 heteroatoms. The van der Waals surface area contributed by atoms with Crippen molar-refractivity contribution in [3.8, 4) is 0 Å². The molecule has 1 aliphatic carbocycles. The van der Waals surface area contributed by atoms with E-state index in [1.54, 1.807) is 5.82 Å². The standard InChI is InChI=1S/C10H19O3P/c1-12-14(11,13-2)9-8-10-6-4-3-5-7-10/h8-10H,3-7H2,1-2H3/b9-8+. The topological polar surface area (TPSA) is 35.5 Å². The minimum absolute atomic E-state index is 0.558. The quantitative estimate of drug-likeness (QED) is 0.677. The number of allylic oxidation sites excluding steroid dienone is 1. The molecular weight excluding hydrogens is 199 g/mol. The number of hydrogen-bond acceptors (Lipinski definition) is 3. The van der Waals surface area contributed by atoms with Crippen LogP contribution in [0.5, 0.6) is 0 Å². The summed E-state index contributed by atoms with van der Waals surface area (Å²) in [5.74, 6) is 2.16. The fourth-order valence-electron chi connectivity index (χ4n) is 1.75. The summed E-state index contributed by atoms with van der Waals surface area (Å²) in [5, 5.41) is 0. The fourth-order valence-corrected chi connectivity index (χ4v) is 2.60. The fraction of sp³-hybridized carbons (Fsp3) is 0.800. The normalized spacial score (nSPS) is 20.4. The highest BCUT2D eigenvalue weighted by molar-refractivity contribution is 7.57. The molecule has 0 amide bonds. The maximum absolute atomic E-state index is 11.7. The Bertz CT molecular complexity index is 224. The van der Waals surface area contributed by atoms with E-state index in [-0.39, 0.29) is 0 Å². The van der Waals surface area contributed by atoms with Crippen LogP contribution in [0.4, 0.5) is 0 Å². The monoisotopic (exact) mass is 218 g/mol. The Hall–Kier alpha value is -0.110. The Balaban J connectivity index is 2.48. The van der Waals surface area contributed by atoms with Crippen molar-refractivity contribution >= 4 is 7.60 Å². The molecule has 0 N–H and O–H groups in total. The van der Waals surface area contributed by atoms with Crippen LogP contribution in [0.15, 0.2) is 11.9 Å². The highest BCUT2D eigenvalue weighted by atomic mass is 31.2. The van der Waals surface area contributed by atoms with Crippen molar-refractivity contribution in [2.24, 2.45) is 5.92 Å². The van der Waals surface area contributed by atoms with Gasteiger partial charge in [0.1, 0.15) is 0 Å². The zero-order valence-electron chi connectivity index (χ0n) is 8.94. The third-order valence-electron chi connectivity index (χ3n) is 2.70. The zero-order valence-corrected chi connectivity index (χ0v) is 9.83. The van der Waals surface area contributed by atoms with Crippen molar-refractivity contribution in [3.05, 3.63) is 11.9 Å². The molecule has 0 unspecified atom stereocenters.